The monoisotopic (exact) mass is 433 g/mol. The topological polar surface area (TPSA) is 39.2 Å². The van der Waals surface area contributed by atoms with Crippen molar-refractivity contribution in [2.75, 3.05) is 0 Å². The standard InChI is InChI=1S/C24H16F3N4O/c1-14-12-21-18(29-23(32-21)24(25,26)27)13-17(14)22-30(3)19-6-4-5-7-20(19)31(22)16-10-8-15(28-2)9-11-16/h4-13H,1,3H3/q+1. The maximum absolute atomic E-state index is 13.1. The predicted octanol–water partition coefficient (Wildman–Crippen LogP) is 6.14. The molecule has 0 saturated carbocycles. The third-order valence-corrected chi connectivity index (χ3v) is 5.47. The molecule has 0 unspecified atom stereocenters. The number of aromatic nitrogens is 3. The van der Waals surface area contributed by atoms with Crippen LogP contribution in [0.3, 0.4) is 0 Å². The number of para-hydroxylation sites is 2. The molecule has 158 valence electrons. The number of aryl methyl sites for hydroxylation is 2. The van der Waals surface area contributed by atoms with E-state index < -0.39 is 12.1 Å². The van der Waals surface area contributed by atoms with E-state index >= 15 is 0 Å². The van der Waals surface area contributed by atoms with E-state index in [0.717, 1.165) is 33.7 Å². The van der Waals surface area contributed by atoms with Gasteiger partial charge in [0, 0.05) is 0 Å². The van der Waals surface area contributed by atoms with Gasteiger partial charge in [-0.1, -0.05) is 24.3 Å². The Morgan fingerprint density at radius 1 is 1.06 bits per heavy atom. The number of halogens is 3. The Labute approximate surface area is 180 Å². The normalized spacial score (nSPS) is 11.9. The van der Waals surface area contributed by atoms with Gasteiger partial charge in [-0.25, -0.2) is 14.4 Å². The molecule has 0 radical (unpaired) electrons. The van der Waals surface area contributed by atoms with E-state index in [4.69, 9.17) is 11.0 Å². The van der Waals surface area contributed by atoms with E-state index in [1.165, 1.54) is 0 Å². The predicted molar refractivity (Wildman–Crippen MR) is 113 cm³/mol. The van der Waals surface area contributed by atoms with Crippen LogP contribution in [0.15, 0.2) is 65.1 Å². The number of hydrogen-bond acceptors (Lipinski definition) is 2. The first-order chi connectivity index (χ1) is 15.3. The molecule has 3 aromatic carbocycles. The lowest BCUT2D eigenvalue weighted by Gasteiger charge is -2.06. The average molecular weight is 433 g/mol. The lowest BCUT2D eigenvalue weighted by atomic mass is 10.1. The summed E-state index contributed by atoms with van der Waals surface area (Å²) < 4.78 is 48.3. The SMILES string of the molecule is [C-]#[N+]c1ccc(-n2c(-c3cc4nc(C(F)(F)F)oc4cc3C)[n+](C)c3ccccc32)cc1. The van der Waals surface area contributed by atoms with Crippen molar-refractivity contribution in [2.45, 2.75) is 13.1 Å². The Morgan fingerprint density at radius 3 is 2.47 bits per heavy atom. The van der Waals surface area contributed by atoms with Crippen molar-refractivity contribution >= 4 is 27.8 Å². The summed E-state index contributed by atoms with van der Waals surface area (Å²) in [5, 5.41) is 0. The molecule has 0 N–H and O–H groups in total. The van der Waals surface area contributed by atoms with Crippen LogP contribution in [-0.2, 0) is 13.2 Å². The Balaban J connectivity index is 1.82. The number of fused-ring (bicyclic) bond motifs is 2. The Hall–Kier alpha value is -4.12. The molecule has 0 bridgehead atoms. The highest BCUT2D eigenvalue weighted by Crippen LogP contribution is 2.35. The summed E-state index contributed by atoms with van der Waals surface area (Å²) in [4.78, 5) is 7.13. The fourth-order valence-electron chi connectivity index (χ4n) is 3.99. The first-order valence-electron chi connectivity index (χ1n) is 9.74. The second-order valence-corrected chi connectivity index (χ2v) is 7.49. The molecular weight excluding hydrogens is 417 g/mol. The van der Waals surface area contributed by atoms with Crippen LogP contribution < -0.4 is 4.57 Å². The molecule has 0 atom stereocenters. The lowest BCUT2D eigenvalue weighted by molar-refractivity contribution is -0.633. The van der Waals surface area contributed by atoms with Crippen LogP contribution in [0.4, 0.5) is 18.9 Å². The minimum Gasteiger partial charge on any atom is -0.433 e. The fraction of sp³-hybridized carbons (Fsp3) is 0.125. The average Bonchev–Trinajstić information content (AvgIpc) is 3.32. The van der Waals surface area contributed by atoms with Crippen LogP contribution in [-0.4, -0.2) is 9.55 Å². The summed E-state index contributed by atoms with van der Waals surface area (Å²) in [6.07, 6.45) is -4.66. The molecule has 0 saturated heterocycles. The molecule has 0 fully saturated rings. The van der Waals surface area contributed by atoms with E-state index in [1.807, 2.05) is 59.5 Å². The van der Waals surface area contributed by atoms with Gasteiger partial charge in [0.1, 0.15) is 11.2 Å². The zero-order chi connectivity index (χ0) is 22.6. The maximum Gasteiger partial charge on any atom is 0.468 e. The van der Waals surface area contributed by atoms with E-state index in [2.05, 4.69) is 9.83 Å². The van der Waals surface area contributed by atoms with Gasteiger partial charge < -0.3 is 4.42 Å². The summed E-state index contributed by atoms with van der Waals surface area (Å²) in [6.45, 7) is 9.03. The van der Waals surface area contributed by atoms with Gasteiger partial charge >= 0.3 is 12.1 Å². The van der Waals surface area contributed by atoms with Crippen molar-refractivity contribution in [3.8, 4) is 17.1 Å². The van der Waals surface area contributed by atoms with E-state index in [-0.39, 0.29) is 11.1 Å². The third-order valence-electron chi connectivity index (χ3n) is 5.47. The molecule has 8 heteroatoms. The molecule has 2 heterocycles. The number of rotatable bonds is 2. The van der Waals surface area contributed by atoms with Crippen LogP contribution in [0.2, 0.25) is 0 Å². The van der Waals surface area contributed by atoms with Crippen molar-refractivity contribution in [1.29, 1.82) is 0 Å². The number of alkyl halides is 3. The summed E-state index contributed by atoms with van der Waals surface area (Å²) in [7, 11) is 1.91. The van der Waals surface area contributed by atoms with Crippen molar-refractivity contribution in [3.05, 3.63) is 83.5 Å². The van der Waals surface area contributed by atoms with Gasteiger partial charge in [-0.2, -0.15) is 17.7 Å². The zero-order valence-corrected chi connectivity index (χ0v) is 17.1. The molecule has 0 aliphatic carbocycles. The number of nitrogens with zero attached hydrogens (tertiary/aromatic N) is 4. The molecule has 0 spiro atoms. The number of benzene rings is 3. The van der Waals surface area contributed by atoms with Gasteiger partial charge in [0.2, 0.25) is 0 Å². The Bertz CT molecular complexity index is 1540. The highest BCUT2D eigenvalue weighted by molar-refractivity contribution is 5.84. The van der Waals surface area contributed by atoms with Gasteiger partial charge in [0.25, 0.3) is 5.82 Å². The second-order valence-electron chi connectivity index (χ2n) is 7.49. The molecule has 5 nitrogen and oxygen atoms in total. The van der Waals surface area contributed by atoms with Gasteiger partial charge in [-0.15, -0.1) is 0 Å². The minimum atomic E-state index is -4.66. The zero-order valence-electron chi connectivity index (χ0n) is 17.1. The molecule has 2 aromatic heterocycles. The third kappa shape index (κ3) is 3.02. The molecule has 32 heavy (non-hydrogen) atoms. The van der Waals surface area contributed by atoms with Crippen LogP contribution in [0.25, 0.3) is 44.1 Å². The van der Waals surface area contributed by atoms with Gasteiger partial charge in [-0.3, -0.25) is 0 Å². The molecule has 0 aliphatic heterocycles. The highest BCUT2D eigenvalue weighted by atomic mass is 19.4. The van der Waals surface area contributed by atoms with E-state index in [9.17, 15) is 13.2 Å². The van der Waals surface area contributed by atoms with Crippen LogP contribution in [0, 0.1) is 13.5 Å². The number of oxazole rings is 1. The largest absolute Gasteiger partial charge is 0.468 e. The molecule has 0 amide bonds. The minimum absolute atomic E-state index is 0.0882. The van der Waals surface area contributed by atoms with Crippen molar-refractivity contribution in [1.82, 2.24) is 9.55 Å². The van der Waals surface area contributed by atoms with Gasteiger partial charge in [0.05, 0.1) is 19.2 Å². The van der Waals surface area contributed by atoms with Gasteiger partial charge in [0.15, 0.2) is 22.3 Å². The fourth-order valence-corrected chi connectivity index (χ4v) is 3.99. The Morgan fingerprint density at radius 2 is 1.78 bits per heavy atom. The first-order valence-corrected chi connectivity index (χ1v) is 9.74. The van der Waals surface area contributed by atoms with Crippen molar-refractivity contribution in [3.63, 3.8) is 0 Å². The van der Waals surface area contributed by atoms with Crippen LogP contribution >= 0.6 is 0 Å². The van der Waals surface area contributed by atoms with Crippen molar-refractivity contribution < 1.29 is 22.2 Å². The number of hydrogen-bond donors (Lipinski definition) is 0. The molecule has 0 aliphatic rings. The van der Waals surface area contributed by atoms with E-state index in [1.54, 1.807) is 24.3 Å². The molecule has 5 aromatic rings. The van der Waals surface area contributed by atoms with Gasteiger partial charge in [-0.05, 0) is 48.9 Å². The van der Waals surface area contributed by atoms with E-state index in [0.29, 0.717) is 5.69 Å². The summed E-state index contributed by atoms with van der Waals surface area (Å²) in [5.41, 5.74) is 4.94. The van der Waals surface area contributed by atoms with Crippen molar-refractivity contribution in [2.24, 2.45) is 7.05 Å². The maximum atomic E-state index is 13.1. The quantitative estimate of drug-likeness (QED) is 0.248. The smallest absolute Gasteiger partial charge is 0.433 e. The molecule has 5 rings (SSSR count). The highest BCUT2D eigenvalue weighted by Gasteiger charge is 2.38. The number of imidazole rings is 1. The summed E-state index contributed by atoms with van der Waals surface area (Å²) in [6, 6.07) is 18.2. The first kappa shape index (κ1) is 19.8. The molecular formula is C24H16F3N4O+. The second kappa shape index (κ2) is 6.95. The van der Waals surface area contributed by atoms with Crippen LogP contribution in [0.5, 0.6) is 0 Å². The lowest BCUT2D eigenvalue weighted by Crippen LogP contribution is -2.30. The van der Waals surface area contributed by atoms with Crippen LogP contribution in [0.1, 0.15) is 11.5 Å². The summed E-state index contributed by atoms with van der Waals surface area (Å²) in [5.74, 6) is -0.485. The Kier molecular flexibility index (Phi) is 4.31. The summed E-state index contributed by atoms with van der Waals surface area (Å²) >= 11 is 0.